The minimum Gasteiger partial charge on any atom is -0.469 e. The number of carbonyl (C=O) groups is 1. The standard InChI is InChI=1S/C17H22O5/c1-19-16(18)13-15-10-9-14(22-15)7-3-2-5-11-20-17-8-4-6-12-21-17/h9-10,17H,2,4-6,8,11-13H2,1H3. The first-order valence-corrected chi connectivity index (χ1v) is 7.65. The van der Waals surface area contributed by atoms with E-state index in [2.05, 4.69) is 16.6 Å². The highest BCUT2D eigenvalue weighted by atomic mass is 16.7. The molecule has 1 fully saturated rings. The topological polar surface area (TPSA) is 57.9 Å². The SMILES string of the molecule is COC(=O)Cc1ccc(C#CCCCOC2CCCCO2)o1. The lowest BCUT2D eigenvalue weighted by Gasteiger charge is -2.22. The van der Waals surface area contributed by atoms with Crippen molar-refractivity contribution in [1.29, 1.82) is 0 Å². The molecule has 1 aromatic heterocycles. The van der Waals surface area contributed by atoms with E-state index in [1.54, 1.807) is 12.1 Å². The molecule has 1 saturated heterocycles. The summed E-state index contributed by atoms with van der Waals surface area (Å²) in [5, 5.41) is 0. The monoisotopic (exact) mass is 306 g/mol. The van der Waals surface area contributed by atoms with E-state index in [0.717, 1.165) is 32.3 Å². The van der Waals surface area contributed by atoms with E-state index in [1.165, 1.54) is 13.5 Å². The predicted octanol–water partition coefficient (Wildman–Crippen LogP) is 2.67. The first-order valence-electron chi connectivity index (χ1n) is 7.65. The average molecular weight is 306 g/mol. The summed E-state index contributed by atoms with van der Waals surface area (Å²) in [6, 6.07) is 3.50. The molecule has 5 nitrogen and oxygen atoms in total. The minimum absolute atomic E-state index is 0.0346. The molecule has 2 rings (SSSR count). The molecule has 0 bridgehead atoms. The van der Waals surface area contributed by atoms with Crippen LogP contribution in [0, 0.1) is 11.8 Å². The fraction of sp³-hybridized carbons (Fsp3) is 0.588. The van der Waals surface area contributed by atoms with Gasteiger partial charge in [-0.3, -0.25) is 4.79 Å². The second-order valence-electron chi connectivity index (χ2n) is 5.09. The Kier molecular flexibility index (Phi) is 7.01. The van der Waals surface area contributed by atoms with Crippen LogP contribution in [-0.4, -0.2) is 32.6 Å². The van der Waals surface area contributed by atoms with Crippen LogP contribution < -0.4 is 0 Å². The van der Waals surface area contributed by atoms with Crippen LogP contribution in [-0.2, 0) is 25.4 Å². The highest BCUT2D eigenvalue weighted by molar-refractivity contribution is 5.71. The van der Waals surface area contributed by atoms with Gasteiger partial charge in [0, 0.05) is 13.0 Å². The van der Waals surface area contributed by atoms with Gasteiger partial charge < -0.3 is 18.6 Å². The number of hydrogen-bond donors (Lipinski definition) is 0. The number of ether oxygens (including phenoxy) is 3. The Hall–Kier alpha value is -1.77. The number of esters is 1. The summed E-state index contributed by atoms with van der Waals surface area (Å²) < 4.78 is 21.1. The van der Waals surface area contributed by atoms with Gasteiger partial charge in [-0.1, -0.05) is 5.92 Å². The van der Waals surface area contributed by atoms with E-state index < -0.39 is 0 Å². The molecule has 5 heteroatoms. The third-order valence-corrected chi connectivity index (χ3v) is 3.31. The maximum Gasteiger partial charge on any atom is 0.313 e. The molecule has 0 aliphatic carbocycles. The van der Waals surface area contributed by atoms with Gasteiger partial charge in [0.05, 0.1) is 13.7 Å². The van der Waals surface area contributed by atoms with Crippen LogP contribution in [0.2, 0.25) is 0 Å². The van der Waals surface area contributed by atoms with E-state index in [9.17, 15) is 4.79 Å². The third-order valence-electron chi connectivity index (χ3n) is 3.31. The van der Waals surface area contributed by atoms with E-state index in [4.69, 9.17) is 13.9 Å². The molecular formula is C17H22O5. The number of hydrogen-bond acceptors (Lipinski definition) is 5. The first-order chi connectivity index (χ1) is 10.8. The second-order valence-corrected chi connectivity index (χ2v) is 5.09. The maximum atomic E-state index is 11.1. The van der Waals surface area contributed by atoms with E-state index in [0.29, 0.717) is 18.1 Å². The molecule has 1 atom stereocenters. The Labute approximate surface area is 130 Å². The van der Waals surface area contributed by atoms with Crippen molar-refractivity contribution in [3.05, 3.63) is 23.7 Å². The van der Waals surface area contributed by atoms with Gasteiger partial charge in [-0.05, 0) is 43.7 Å². The zero-order chi connectivity index (χ0) is 15.6. The van der Waals surface area contributed by atoms with Crippen LogP contribution in [0.3, 0.4) is 0 Å². The average Bonchev–Trinajstić information content (AvgIpc) is 2.99. The van der Waals surface area contributed by atoms with Gasteiger partial charge >= 0.3 is 5.97 Å². The lowest BCUT2D eigenvalue weighted by molar-refractivity contribution is -0.162. The predicted molar refractivity (Wildman–Crippen MR) is 80.1 cm³/mol. The molecule has 1 aromatic rings. The van der Waals surface area contributed by atoms with Gasteiger partial charge in [0.2, 0.25) is 0 Å². The van der Waals surface area contributed by atoms with Crippen molar-refractivity contribution in [1.82, 2.24) is 0 Å². The highest BCUT2D eigenvalue weighted by Crippen LogP contribution is 2.14. The molecule has 1 unspecified atom stereocenters. The van der Waals surface area contributed by atoms with Gasteiger partial charge in [-0.25, -0.2) is 0 Å². The van der Waals surface area contributed by atoms with Crippen molar-refractivity contribution in [2.45, 2.75) is 44.8 Å². The van der Waals surface area contributed by atoms with Crippen LogP contribution >= 0.6 is 0 Å². The summed E-state index contributed by atoms with van der Waals surface area (Å²) >= 11 is 0. The molecule has 0 amide bonds. The molecular weight excluding hydrogens is 284 g/mol. The summed E-state index contributed by atoms with van der Waals surface area (Å²) in [6.45, 7) is 1.46. The second kappa shape index (κ2) is 9.29. The first kappa shape index (κ1) is 16.6. The van der Waals surface area contributed by atoms with Crippen LogP contribution in [0.4, 0.5) is 0 Å². The Balaban J connectivity index is 1.62. The van der Waals surface area contributed by atoms with Crippen LogP contribution in [0.25, 0.3) is 0 Å². The fourth-order valence-corrected chi connectivity index (χ4v) is 2.12. The van der Waals surface area contributed by atoms with Crippen LogP contribution in [0.5, 0.6) is 0 Å². The molecule has 2 heterocycles. The fourth-order valence-electron chi connectivity index (χ4n) is 2.12. The van der Waals surface area contributed by atoms with Crippen molar-refractivity contribution < 1.29 is 23.4 Å². The molecule has 0 N–H and O–H groups in total. The summed E-state index contributed by atoms with van der Waals surface area (Å²) in [5.74, 6) is 6.78. The molecule has 1 aliphatic heterocycles. The summed E-state index contributed by atoms with van der Waals surface area (Å²) in [7, 11) is 1.35. The summed E-state index contributed by atoms with van der Waals surface area (Å²) in [5.41, 5.74) is 0. The van der Waals surface area contributed by atoms with Crippen LogP contribution in [0.1, 0.15) is 43.6 Å². The molecule has 120 valence electrons. The smallest absolute Gasteiger partial charge is 0.313 e. The van der Waals surface area contributed by atoms with Gasteiger partial charge in [0.25, 0.3) is 0 Å². The Morgan fingerprint density at radius 3 is 3.09 bits per heavy atom. The van der Waals surface area contributed by atoms with E-state index >= 15 is 0 Å². The van der Waals surface area contributed by atoms with Crippen molar-refractivity contribution in [2.75, 3.05) is 20.3 Å². The van der Waals surface area contributed by atoms with E-state index in [1.807, 2.05) is 0 Å². The Morgan fingerprint density at radius 1 is 1.41 bits per heavy atom. The normalized spacial score (nSPS) is 17.6. The third kappa shape index (κ3) is 5.92. The zero-order valence-electron chi connectivity index (χ0n) is 12.9. The van der Waals surface area contributed by atoms with E-state index in [-0.39, 0.29) is 18.7 Å². The largest absolute Gasteiger partial charge is 0.469 e. The summed E-state index contributed by atoms with van der Waals surface area (Å²) in [4.78, 5) is 11.1. The lowest BCUT2D eigenvalue weighted by atomic mass is 10.2. The number of methoxy groups -OCH3 is 1. The molecule has 1 aliphatic rings. The van der Waals surface area contributed by atoms with Gasteiger partial charge in [-0.15, -0.1) is 0 Å². The van der Waals surface area contributed by atoms with Crippen molar-refractivity contribution >= 4 is 5.97 Å². The van der Waals surface area contributed by atoms with Crippen molar-refractivity contribution in [2.24, 2.45) is 0 Å². The molecule has 0 saturated carbocycles. The Bertz CT molecular complexity index is 517. The zero-order valence-corrected chi connectivity index (χ0v) is 12.9. The lowest BCUT2D eigenvalue weighted by Crippen LogP contribution is -2.22. The van der Waals surface area contributed by atoms with Crippen LogP contribution in [0.15, 0.2) is 16.5 Å². The quantitative estimate of drug-likeness (QED) is 0.459. The number of rotatable bonds is 6. The molecule has 22 heavy (non-hydrogen) atoms. The minimum atomic E-state index is -0.323. The van der Waals surface area contributed by atoms with Gasteiger partial charge in [-0.2, -0.15) is 0 Å². The molecule has 0 aromatic carbocycles. The van der Waals surface area contributed by atoms with Crippen molar-refractivity contribution in [3.8, 4) is 11.8 Å². The Morgan fingerprint density at radius 2 is 2.32 bits per heavy atom. The van der Waals surface area contributed by atoms with Gasteiger partial charge in [0.1, 0.15) is 12.2 Å². The number of carbonyl (C=O) groups excluding carboxylic acids is 1. The highest BCUT2D eigenvalue weighted by Gasteiger charge is 2.13. The molecule has 0 spiro atoms. The number of furan rings is 1. The van der Waals surface area contributed by atoms with Gasteiger partial charge in [0.15, 0.2) is 12.1 Å². The summed E-state index contributed by atoms with van der Waals surface area (Å²) in [6.07, 6.45) is 4.99. The van der Waals surface area contributed by atoms with Crippen molar-refractivity contribution in [3.63, 3.8) is 0 Å². The molecule has 0 radical (unpaired) electrons. The maximum absolute atomic E-state index is 11.1. The number of unbranched alkanes of at least 4 members (excludes halogenated alkanes) is 1.